The van der Waals surface area contributed by atoms with Crippen LogP contribution in [-0.4, -0.2) is 14.7 Å². The molecule has 0 amide bonds. The predicted octanol–water partition coefficient (Wildman–Crippen LogP) is 2.17. The first-order valence-electron chi connectivity index (χ1n) is 4.88. The molecule has 0 aromatic heterocycles. The minimum atomic E-state index is -3.11. The van der Waals surface area contributed by atoms with Crippen LogP contribution in [0.3, 0.4) is 0 Å². The van der Waals surface area contributed by atoms with E-state index in [1.165, 1.54) is 6.26 Å². The van der Waals surface area contributed by atoms with Crippen LogP contribution in [0.4, 0.5) is 0 Å². The largest absolute Gasteiger partial charge is 0.324 e. The van der Waals surface area contributed by atoms with Crippen LogP contribution in [0.5, 0.6) is 0 Å². The minimum absolute atomic E-state index is 0. The molecule has 92 valence electrons. The number of nitrogens with two attached hydrogens (primary N) is 1. The number of benzene rings is 1. The summed E-state index contributed by atoms with van der Waals surface area (Å²) in [7, 11) is -3.11. The van der Waals surface area contributed by atoms with Crippen molar-refractivity contribution in [1.29, 1.82) is 0 Å². The Morgan fingerprint density at radius 1 is 1.12 bits per heavy atom. The van der Waals surface area contributed by atoms with Gasteiger partial charge in [-0.2, -0.15) is 0 Å². The Labute approximate surface area is 103 Å². The summed E-state index contributed by atoms with van der Waals surface area (Å²) in [4.78, 5) is 0.335. The van der Waals surface area contributed by atoms with E-state index in [2.05, 4.69) is 0 Å². The minimum Gasteiger partial charge on any atom is -0.324 e. The van der Waals surface area contributed by atoms with Crippen LogP contribution < -0.4 is 5.73 Å². The summed E-state index contributed by atoms with van der Waals surface area (Å²) in [6, 6.07) is 6.72. The molecule has 0 saturated carbocycles. The van der Waals surface area contributed by atoms with Gasteiger partial charge in [0.05, 0.1) is 4.90 Å². The Balaban J connectivity index is 0.00000225. The fourth-order valence-electron chi connectivity index (χ4n) is 1.32. The molecular formula is C11H18ClNO2S. The first-order chi connectivity index (χ1) is 6.82. The van der Waals surface area contributed by atoms with E-state index in [0.717, 1.165) is 5.56 Å². The number of rotatable bonds is 3. The van der Waals surface area contributed by atoms with E-state index >= 15 is 0 Å². The third-order valence-electron chi connectivity index (χ3n) is 2.41. The molecule has 0 bridgehead atoms. The Morgan fingerprint density at radius 3 is 1.88 bits per heavy atom. The highest BCUT2D eigenvalue weighted by Gasteiger charge is 2.12. The summed E-state index contributed by atoms with van der Waals surface area (Å²) in [5.74, 6) is 0.342. The molecule has 0 spiro atoms. The molecule has 0 saturated heterocycles. The summed E-state index contributed by atoms with van der Waals surface area (Å²) in [5.41, 5.74) is 6.92. The van der Waals surface area contributed by atoms with Gasteiger partial charge in [-0.05, 0) is 23.6 Å². The van der Waals surface area contributed by atoms with Crippen molar-refractivity contribution >= 4 is 22.2 Å². The van der Waals surface area contributed by atoms with E-state index < -0.39 is 9.84 Å². The smallest absolute Gasteiger partial charge is 0.175 e. The predicted molar refractivity (Wildman–Crippen MR) is 68.6 cm³/mol. The zero-order chi connectivity index (χ0) is 11.6. The molecular weight excluding hydrogens is 246 g/mol. The van der Waals surface area contributed by atoms with E-state index in [1.807, 2.05) is 13.8 Å². The van der Waals surface area contributed by atoms with Crippen molar-refractivity contribution < 1.29 is 8.42 Å². The molecule has 0 radical (unpaired) electrons. The van der Waals surface area contributed by atoms with Crippen LogP contribution >= 0.6 is 12.4 Å². The topological polar surface area (TPSA) is 60.2 Å². The van der Waals surface area contributed by atoms with Gasteiger partial charge < -0.3 is 5.73 Å². The van der Waals surface area contributed by atoms with Crippen molar-refractivity contribution in [2.24, 2.45) is 11.7 Å². The second-order valence-electron chi connectivity index (χ2n) is 4.11. The van der Waals surface area contributed by atoms with Gasteiger partial charge in [-0.15, -0.1) is 12.4 Å². The molecule has 1 rings (SSSR count). The zero-order valence-corrected chi connectivity index (χ0v) is 11.3. The second-order valence-corrected chi connectivity index (χ2v) is 6.13. The van der Waals surface area contributed by atoms with Crippen LogP contribution in [0.1, 0.15) is 25.5 Å². The molecule has 1 atom stereocenters. The van der Waals surface area contributed by atoms with Crippen molar-refractivity contribution in [3.63, 3.8) is 0 Å². The quantitative estimate of drug-likeness (QED) is 0.909. The Morgan fingerprint density at radius 2 is 1.56 bits per heavy atom. The van der Waals surface area contributed by atoms with Gasteiger partial charge >= 0.3 is 0 Å². The summed E-state index contributed by atoms with van der Waals surface area (Å²) in [5, 5.41) is 0. The van der Waals surface area contributed by atoms with Crippen molar-refractivity contribution in [2.45, 2.75) is 24.8 Å². The molecule has 1 aromatic rings. The molecule has 3 nitrogen and oxygen atoms in total. The lowest BCUT2D eigenvalue weighted by molar-refractivity contribution is 0.514. The summed E-state index contributed by atoms with van der Waals surface area (Å²) >= 11 is 0. The number of hydrogen-bond acceptors (Lipinski definition) is 3. The van der Waals surface area contributed by atoms with Crippen molar-refractivity contribution in [1.82, 2.24) is 0 Å². The van der Waals surface area contributed by atoms with E-state index in [-0.39, 0.29) is 18.4 Å². The second kappa shape index (κ2) is 5.66. The lowest BCUT2D eigenvalue weighted by Gasteiger charge is -2.15. The van der Waals surface area contributed by atoms with E-state index in [4.69, 9.17) is 5.73 Å². The van der Waals surface area contributed by atoms with Gasteiger partial charge in [0.2, 0.25) is 0 Å². The van der Waals surface area contributed by atoms with Crippen molar-refractivity contribution in [3.05, 3.63) is 29.8 Å². The molecule has 1 aromatic carbocycles. The SMILES string of the molecule is CC(C)C(N)c1ccc(S(C)(=O)=O)cc1.Cl. The van der Waals surface area contributed by atoms with E-state index in [0.29, 0.717) is 10.8 Å². The number of halogens is 1. The molecule has 16 heavy (non-hydrogen) atoms. The van der Waals surface area contributed by atoms with Gasteiger partial charge in [-0.1, -0.05) is 26.0 Å². The molecule has 5 heteroatoms. The molecule has 0 aliphatic heterocycles. The maximum atomic E-state index is 11.2. The van der Waals surface area contributed by atoms with Crippen molar-refractivity contribution in [3.8, 4) is 0 Å². The average Bonchev–Trinajstić information content (AvgIpc) is 2.15. The monoisotopic (exact) mass is 263 g/mol. The fraction of sp³-hybridized carbons (Fsp3) is 0.455. The lowest BCUT2D eigenvalue weighted by Crippen LogP contribution is -2.16. The van der Waals surface area contributed by atoms with Crippen molar-refractivity contribution in [2.75, 3.05) is 6.26 Å². The Hall–Kier alpha value is -0.580. The summed E-state index contributed by atoms with van der Waals surface area (Å²) in [6.07, 6.45) is 1.20. The van der Waals surface area contributed by atoms with Gasteiger partial charge in [0.15, 0.2) is 9.84 Å². The average molecular weight is 264 g/mol. The van der Waals surface area contributed by atoms with Crippen LogP contribution in [-0.2, 0) is 9.84 Å². The Bertz CT molecular complexity index is 426. The normalized spacial score (nSPS) is 13.3. The molecule has 0 heterocycles. The highest BCUT2D eigenvalue weighted by molar-refractivity contribution is 7.90. The fourth-order valence-corrected chi connectivity index (χ4v) is 1.95. The summed E-state index contributed by atoms with van der Waals surface area (Å²) in [6.45, 7) is 4.07. The maximum Gasteiger partial charge on any atom is 0.175 e. The van der Waals surface area contributed by atoms with Gasteiger partial charge in [0.1, 0.15) is 0 Å². The number of sulfone groups is 1. The molecule has 0 fully saturated rings. The highest BCUT2D eigenvalue weighted by Crippen LogP contribution is 2.20. The van der Waals surface area contributed by atoms with Gasteiger partial charge in [-0.25, -0.2) is 8.42 Å². The third kappa shape index (κ3) is 3.77. The summed E-state index contributed by atoms with van der Waals surface area (Å²) < 4.78 is 22.4. The van der Waals surface area contributed by atoms with E-state index in [9.17, 15) is 8.42 Å². The Kier molecular flexibility index (Phi) is 5.46. The van der Waals surface area contributed by atoms with Gasteiger partial charge in [0, 0.05) is 12.3 Å². The number of hydrogen-bond donors (Lipinski definition) is 1. The molecule has 0 aliphatic carbocycles. The van der Waals surface area contributed by atoms with E-state index in [1.54, 1.807) is 24.3 Å². The van der Waals surface area contributed by atoms with Crippen LogP contribution in [0, 0.1) is 5.92 Å². The van der Waals surface area contributed by atoms with Gasteiger partial charge in [-0.3, -0.25) is 0 Å². The first-order valence-corrected chi connectivity index (χ1v) is 6.77. The maximum absolute atomic E-state index is 11.2. The third-order valence-corrected chi connectivity index (χ3v) is 3.54. The highest BCUT2D eigenvalue weighted by atomic mass is 35.5. The molecule has 0 aliphatic rings. The van der Waals surface area contributed by atoms with Crippen LogP contribution in [0.2, 0.25) is 0 Å². The van der Waals surface area contributed by atoms with Gasteiger partial charge in [0.25, 0.3) is 0 Å². The van der Waals surface area contributed by atoms with Crippen LogP contribution in [0.15, 0.2) is 29.2 Å². The standard InChI is InChI=1S/C11H17NO2S.ClH/c1-8(2)11(12)9-4-6-10(7-5-9)15(3,13)14;/h4-8,11H,12H2,1-3H3;1H. The lowest BCUT2D eigenvalue weighted by atomic mass is 9.97. The first kappa shape index (κ1) is 15.4. The zero-order valence-electron chi connectivity index (χ0n) is 9.67. The molecule has 2 N–H and O–H groups in total. The van der Waals surface area contributed by atoms with Crippen LogP contribution in [0.25, 0.3) is 0 Å². The molecule has 1 unspecified atom stereocenters.